The summed E-state index contributed by atoms with van der Waals surface area (Å²) >= 11 is 0. The highest BCUT2D eigenvalue weighted by molar-refractivity contribution is 5.97. The van der Waals surface area contributed by atoms with E-state index >= 15 is 0 Å². The summed E-state index contributed by atoms with van der Waals surface area (Å²) in [5.41, 5.74) is 0.878. The average molecular weight is 463 g/mol. The predicted molar refractivity (Wildman–Crippen MR) is 132 cm³/mol. The second kappa shape index (κ2) is 10.3. The second-order valence-electron chi connectivity index (χ2n) is 9.42. The van der Waals surface area contributed by atoms with Gasteiger partial charge in [0.05, 0.1) is 6.67 Å². The van der Waals surface area contributed by atoms with Gasteiger partial charge in [-0.3, -0.25) is 14.4 Å². The van der Waals surface area contributed by atoms with Crippen LogP contribution in [0.5, 0.6) is 0 Å². The van der Waals surface area contributed by atoms with Crippen LogP contribution in [-0.2, 0) is 9.59 Å². The number of rotatable bonds is 7. The van der Waals surface area contributed by atoms with Crippen molar-refractivity contribution in [2.75, 3.05) is 37.7 Å². The lowest BCUT2D eigenvalue weighted by atomic mass is 9.85. The summed E-state index contributed by atoms with van der Waals surface area (Å²) in [4.78, 5) is 44.9. The Morgan fingerprint density at radius 2 is 1.62 bits per heavy atom. The Hall–Kier alpha value is -3.35. The number of hydrogen-bond acceptors (Lipinski definition) is 4. The van der Waals surface area contributed by atoms with E-state index in [0.29, 0.717) is 50.6 Å². The smallest absolute Gasteiger partial charge is 0.253 e. The standard InChI is InChI=1S/C27H34N4O3/c1-3-21(2)18-28-24(32)19-30-20-31(23-12-8-5-9-13-23)27(26(30)34)14-16-29(17-15-27)25(33)22-10-6-4-7-11-22/h4-13,21H,3,14-20H2,1-2H3,(H,28,32). The Labute approximate surface area is 201 Å². The van der Waals surface area contributed by atoms with Gasteiger partial charge in [-0.05, 0) is 43.0 Å². The number of para-hydroxylation sites is 1. The minimum absolute atomic E-state index is 0.00608. The molecule has 1 unspecified atom stereocenters. The van der Waals surface area contributed by atoms with Crippen LogP contribution in [0.3, 0.4) is 0 Å². The van der Waals surface area contributed by atoms with Gasteiger partial charge in [-0.1, -0.05) is 56.7 Å². The highest BCUT2D eigenvalue weighted by Gasteiger charge is 2.54. The Morgan fingerprint density at radius 3 is 2.24 bits per heavy atom. The molecular formula is C27H34N4O3. The molecule has 2 aliphatic rings. The molecule has 3 amide bonds. The average Bonchev–Trinajstić information content (AvgIpc) is 3.14. The molecule has 0 bridgehead atoms. The lowest BCUT2D eigenvalue weighted by molar-refractivity contribution is -0.137. The topological polar surface area (TPSA) is 73.0 Å². The second-order valence-corrected chi connectivity index (χ2v) is 9.42. The van der Waals surface area contributed by atoms with Crippen LogP contribution in [-0.4, -0.2) is 65.9 Å². The first kappa shape index (κ1) is 23.8. The van der Waals surface area contributed by atoms with Gasteiger partial charge in [0.1, 0.15) is 12.1 Å². The molecular weight excluding hydrogens is 428 g/mol. The van der Waals surface area contributed by atoms with E-state index in [1.807, 2.05) is 65.6 Å². The molecule has 1 spiro atoms. The van der Waals surface area contributed by atoms with E-state index in [1.165, 1.54) is 0 Å². The number of nitrogens with zero attached hydrogens (tertiary/aromatic N) is 3. The van der Waals surface area contributed by atoms with Crippen molar-refractivity contribution in [1.82, 2.24) is 15.1 Å². The first-order chi connectivity index (χ1) is 16.4. The number of amides is 3. The fraction of sp³-hybridized carbons (Fsp3) is 0.444. The van der Waals surface area contributed by atoms with Gasteiger partial charge in [0.25, 0.3) is 11.8 Å². The number of carbonyl (C=O) groups is 3. The SMILES string of the molecule is CCC(C)CNC(=O)CN1CN(c2ccccc2)C2(CCN(C(=O)c3ccccc3)CC2)C1=O. The van der Waals surface area contributed by atoms with Crippen molar-refractivity contribution in [3.8, 4) is 0 Å². The molecule has 7 heteroatoms. The Kier molecular flexibility index (Phi) is 7.20. The monoisotopic (exact) mass is 462 g/mol. The molecule has 34 heavy (non-hydrogen) atoms. The van der Waals surface area contributed by atoms with E-state index in [0.717, 1.165) is 12.1 Å². The molecule has 1 N–H and O–H groups in total. The first-order valence-corrected chi connectivity index (χ1v) is 12.2. The van der Waals surface area contributed by atoms with Gasteiger partial charge < -0.3 is 20.0 Å². The van der Waals surface area contributed by atoms with Crippen molar-refractivity contribution in [2.24, 2.45) is 5.92 Å². The largest absolute Gasteiger partial charge is 0.354 e. The summed E-state index contributed by atoms with van der Waals surface area (Å²) < 4.78 is 0. The Bertz CT molecular complexity index is 1000. The lowest BCUT2D eigenvalue weighted by Crippen LogP contribution is -2.57. The van der Waals surface area contributed by atoms with Crippen LogP contribution in [0.25, 0.3) is 0 Å². The quantitative estimate of drug-likeness (QED) is 0.686. The third-order valence-electron chi connectivity index (χ3n) is 7.16. The summed E-state index contributed by atoms with van der Waals surface area (Å²) in [5.74, 6) is 0.238. The normalized spacial score (nSPS) is 18.3. The summed E-state index contributed by atoms with van der Waals surface area (Å²) in [6.45, 7) is 6.21. The van der Waals surface area contributed by atoms with Crippen molar-refractivity contribution < 1.29 is 14.4 Å². The molecule has 2 aromatic rings. The van der Waals surface area contributed by atoms with Gasteiger partial charge in [0.15, 0.2) is 0 Å². The highest BCUT2D eigenvalue weighted by Crippen LogP contribution is 2.39. The maximum absolute atomic E-state index is 13.7. The van der Waals surface area contributed by atoms with E-state index in [2.05, 4.69) is 24.1 Å². The zero-order valence-corrected chi connectivity index (χ0v) is 20.1. The van der Waals surface area contributed by atoms with Crippen molar-refractivity contribution >= 4 is 23.4 Å². The van der Waals surface area contributed by atoms with E-state index in [1.54, 1.807) is 4.90 Å². The number of benzene rings is 2. The van der Waals surface area contributed by atoms with Crippen molar-refractivity contribution in [2.45, 2.75) is 38.6 Å². The van der Waals surface area contributed by atoms with Crippen LogP contribution in [0.2, 0.25) is 0 Å². The number of nitrogens with one attached hydrogen (secondary N) is 1. The molecule has 2 fully saturated rings. The first-order valence-electron chi connectivity index (χ1n) is 12.2. The minimum Gasteiger partial charge on any atom is -0.354 e. The highest BCUT2D eigenvalue weighted by atomic mass is 16.2. The van der Waals surface area contributed by atoms with Crippen molar-refractivity contribution in [1.29, 1.82) is 0 Å². The summed E-state index contributed by atoms with van der Waals surface area (Å²) in [7, 11) is 0. The molecule has 0 saturated carbocycles. The minimum atomic E-state index is -0.744. The molecule has 2 heterocycles. The van der Waals surface area contributed by atoms with Crippen molar-refractivity contribution in [3.05, 3.63) is 66.2 Å². The molecule has 0 aromatic heterocycles. The third-order valence-corrected chi connectivity index (χ3v) is 7.16. The van der Waals surface area contributed by atoms with Crippen molar-refractivity contribution in [3.63, 3.8) is 0 Å². The Morgan fingerprint density at radius 1 is 1.00 bits per heavy atom. The van der Waals surface area contributed by atoms with Crippen LogP contribution in [0.4, 0.5) is 5.69 Å². The molecule has 2 aliphatic heterocycles. The molecule has 0 radical (unpaired) electrons. The van der Waals surface area contributed by atoms with Crippen LogP contribution >= 0.6 is 0 Å². The summed E-state index contributed by atoms with van der Waals surface area (Å²) in [5, 5.41) is 2.96. The number of piperidine rings is 1. The lowest BCUT2D eigenvalue weighted by Gasteiger charge is -2.43. The zero-order chi connectivity index (χ0) is 24.1. The van der Waals surface area contributed by atoms with E-state index in [4.69, 9.17) is 0 Å². The van der Waals surface area contributed by atoms with Crippen LogP contribution in [0.15, 0.2) is 60.7 Å². The zero-order valence-electron chi connectivity index (χ0n) is 20.1. The predicted octanol–water partition coefficient (Wildman–Crippen LogP) is 3.13. The van der Waals surface area contributed by atoms with Crippen LogP contribution in [0, 0.1) is 5.92 Å². The molecule has 1 atom stereocenters. The van der Waals surface area contributed by atoms with Gasteiger partial charge >= 0.3 is 0 Å². The molecule has 2 aromatic carbocycles. The van der Waals surface area contributed by atoms with Gasteiger partial charge in [0, 0.05) is 30.9 Å². The number of carbonyl (C=O) groups excluding carboxylic acids is 3. The van der Waals surface area contributed by atoms with Crippen LogP contribution < -0.4 is 10.2 Å². The van der Waals surface area contributed by atoms with Crippen LogP contribution in [0.1, 0.15) is 43.5 Å². The molecule has 180 valence electrons. The summed E-state index contributed by atoms with van der Waals surface area (Å²) in [6, 6.07) is 19.1. The van der Waals surface area contributed by atoms with Gasteiger partial charge in [-0.2, -0.15) is 0 Å². The van der Waals surface area contributed by atoms with Gasteiger partial charge in [0.2, 0.25) is 5.91 Å². The maximum Gasteiger partial charge on any atom is 0.253 e. The van der Waals surface area contributed by atoms with Gasteiger partial charge in [-0.25, -0.2) is 0 Å². The molecule has 2 saturated heterocycles. The Balaban J connectivity index is 1.50. The fourth-order valence-electron chi connectivity index (χ4n) is 4.83. The number of likely N-dealkylation sites (tertiary alicyclic amines) is 1. The van der Waals surface area contributed by atoms with Gasteiger partial charge in [-0.15, -0.1) is 0 Å². The molecule has 4 rings (SSSR count). The number of anilines is 1. The number of hydrogen-bond donors (Lipinski definition) is 1. The molecule has 0 aliphatic carbocycles. The summed E-state index contributed by atoms with van der Waals surface area (Å²) in [6.07, 6.45) is 2.06. The van der Waals surface area contributed by atoms with E-state index in [9.17, 15) is 14.4 Å². The maximum atomic E-state index is 13.7. The molecule has 7 nitrogen and oxygen atoms in total. The third kappa shape index (κ3) is 4.79. The van der Waals surface area contributed by atoms with E-state index < -0.39 is 5.54 Å². The fourth-order valence-corrected chi connectivity index (χ4v) is 4.83. The van der Waals surface area contributed by atoms with E-state index in [-0.39, 0.29) is 24.3 Å².